The van der Waals surface area contributed by atoms with Gasteiger partial charge in [-0.1, -0.05) is 30.4 Å². The zero-order chi connectivity index (χ0) is 16.8. The van der Waals surface area contributed by atoms with Crippen molar-refractivity contribution in [2.75, 3.05) is 5.32 Å². The average molecular weight is 324 g/mol. The van der Waals surface area contributed by atoms with Crippen LogP contribution in [0.3, 0.4) is 0 Å². The van der Waals surface area contributed by atoms with Crippen LogP contribution >= 0.6 is 0 Å². The third kappa shape index (κ3) is 2.19. The van der Waals surface area contributed by atoms with Crippen molar-refractivity contribution < 1.29 is 9.31 Å². The van der Waals surface area contributed by atoms with Crippen molar-refractivity contribution in [3.63, 3.8) is 0 Å². The highest BCUT2D eigenvalue weighted by molar-refractivity contribution is 5.70. The van der Waals surface area contributed by atoms with E-state index in [4.69, 9.17) is 0 Å². The summed E-state index contributed by atoms with van der Waals surface area (Å²) in [6.45, 7) is 1.95. The maximum absolute atomic E-state index is 13.3. The molecule has 3 atom stereocenters. The normalized spacial score (nSPS) is 24.2. The number of nitro groups is 1. The quantitative estimate of drug-likeness (QED) is 0.487. The molecule has 1 aliphatic carbocycles. The molecule has 1 aliphatic heterocycles. The second-order valence-electron chi connectivity index (χ2n) is 6.47. The first-order valence-electron chi connectivity index (χ1n) is 8.03. The SMILES string of the molecule is Cc1ccc([N+](=O)[O-])c2c1NC(c1ccc(F)cc1)C1CC=CC21. The van der Waals surface area contributed by atoms with E-state index in [0.29, 0.717) is 0 Å². The number of allylic oxidation sites excluding steroid dienone is 2. The van der Waals surface area contributed by atoms with E-state index in [1.54, 1.807) is 24.3 Å². The fourth-order valence-corrected chi connectivity index (χ4v) is 3.99. The number of nitrogens with zero attached hydrogens (tertiary/aromatic N) is 1. The van der Waals surface area contributed by atoms with Gasteiger partial charge in [0.05, 0.1) is 16.5 Å². The van der Waals surface area contributed by atoms with Gasteiger partial charge in [0.25, 0.3) is 5.69 Å². The molecule has 3 unspecified atom stereocenters. The Bertz CT molecular complexity index is 845. The van der Waals surface area contributed by atoms with Gasteiger partial charge in [0.15, 0.2) is 0 Å². The number of halogens is 1. The largest absolute Gasteiger partial charge is 0.377 e. The highest BCUT2D eigenvalue weighted by atomic mass is 19.1. The average Bonchev–Trinajstić information content (AvgIpc) is 3.05. The smallest absolute Gasteiger partial charge is 0.275 e. The number of fused-ring (bicyclic) bond motifs is 3. The van der Waals surface area contributed by atoms with E-state index in [9.17, 15) is 14.5 Å². The monoisotopic (exact) mass is 324 g/mol. The molecule has 122 valence electrons. The fourth-order valence-electron chi connectivity index (χ4n) is 3.99. The Morgan fingerprint density at radius 1 is 1.21 bits per heavy atom. The van der Waals surface area contributed by atoms with Crippen LogP contribution in [0.2, 0.25) is 0 Å². The summed E-state index contributed by atoms with van der Waals surface area (Å²) in [5.41, 5.74) is 3.78. The van der Waals surface area contributed by atoms with Gasteiger partial charge in [-0.3, -0.25) is 10.1 Å². The number of anilines is 1. The molecule has 4 rings (SSSR count). The lowest BCUT2D eigenvalue weighted by molar-refractivity contribution is -0.385. The van der Waals surface area contributed by atoms with E-state index in [-0.39, 0.29) is 34.3 Å². The first-order valence-corrected chi connectivity index (χ1v) is 8.03. The van der Waals surface area contributed by atoms with Crippen LogP contribution < -0.4 is 5.32 Å². The van der Waals surface area contributed by atoms with E-state index in [1.807, 2.05) is 6.92 Å². The third-order valence-corrected chi connectivity index (χ3v) is 5.13. The summed E-state index contributed by atoms with van der Waals surface area (Å²) in [6.07, 6.45) is 5.02. The van der Waals surface area contributed by atoms with Gasteiger partial charge < -0.3 is 5.32 Å². The Kier molecular flexibility index (Phi) is 3.37. The van der Waals surface area contributed by atoms with Crippen molar-refractivity contribution in [2.24, 2.45) is 5.92 Å². The summed E-state index contributed by atoms with van der Waals surface area (Å²) in [7, 11) is 0. The van der Waals surface area contributed by atoms with Crippen molar-refractivity contribution in [1.29, 1.82) is 0 Å². The second-order valence-corrected chi connectivity index (χ2v) is 6.47. The fraction of sp³-hybridized carbons (Fsp3) is 0.263. The van der Waals surface area contributed by atoms with Crippen molar-refractivity contribution in [3.8, 4) is 0 Å². The van der Waals surface area contributed by atoms with Crippen LogP contribution in [0.4, 0.5) is 15.8 Å². The van der Waals surface area contributed by atoms with Crippen LogP contribution in [0, 0.1) is 28.8 Å². The van der Waals surface area contributed by atoms with Gasteiger partial charge in [-0.2, -0.15) is 0 Å². The molecule has 5 heteroatoms. The molecule has 0 spiro atoms. The Morgan fingerprint density at radius 2 is 1.96 bits per heavy atom. The molecule has 4 nitrogen and oxygen atoms in total. The molecular formula is C19H17FN2O2. The molecule has 0 radical (unpaired) electrons. The van der Waals surface area contributed by atoms with Crippen LogP contribution in [-0.4, -0.2) is 4.92 Å². The van der Waals surface area contributed by atoms with Gasteiger partial charge in [0.2, 0.25) is 0 Å². The summed E-state index contributed by atoms with van der Waals surface area (Å²) < 4.78 is 13.3. The highest BCUT2D eigenvalue weighted by Gasteiger charge is 2.42. The zero-order valence-electron chi connectivity index (χ0n) is 13.2. The molecule has 2 aromatic rings. The first-order chi connectivity index (χ1) is 11.6. The number of nitrogens with one attached hydrogen (secondary N) is 1. The lowest BCUT2D eigenvalue weighted by atomic mass is 9.75. The molecule has 1 heterocycles. The molecule has 0 aromatic heterocycles. The maximum atomic E-state index is 13.3. The number of aryl methyl sites for hydroxylation is 1. The van der Waals surface area contributed by atoms with Crippen LogP contribution in [0.1, 0.15) is 35.1 Å². The lowest BCUT2D eigenvalue weighted by Crippen LogP contribution is -2.30. The van der Waals surface area contributed by atoms with Crippen molar-refractivity contribution in [1.82, 2.24) is 0 Å². The Hall–Kier alpha value is -2.69. The highest BCUT2D eigenvalue weighted by Crippen LogP contribution is 2.53. The number of rotatable bonds is 2. The maximum Gasteiger partial charge on any atom is 0.275 e. The van der Waals surface area contributed by atoms with Crippen LogP contribution in [-0.2, 0) is 0 Å². The van der Waals surface area contributed by atoms with Gasteiger partial charge in [-0.25, -0.2) is 4.39 Å². The molecule has 2 aliphatic rings. The number of nitro benzene ring substituents is 1. The van der Waals surface area contributed by atoms with Crippen molar-refractivity contribution >= 4 is 11.4 Å². The number of benzene rings is 2. The standard InChI is InChI=1S/C19H17FN2O2/c1-11-5-10-16(22(23)24)17-14-3-2-4-15(14)19(21-18(11)17)12-6-8-13(20)9-7-12/h2-3,5-10,14-15,19,21H,4H2,1H3. The summed E-state index contributed by atoms with van der Waals surface area (Å²) in [6, 6.07) is 9.90. The molecule has 0 bridgehead atoms. The Labute approximate surface area is 139 Å². The predicted octanol–water partition coefficient (Wildman–Crippen LogP) is 4.87. The van der Waals surface area contributed by atoms with Gasteiger partial charge in [-0.15, -0.1) is 0 Å². The molecule has 24 heavy (non-hydrogen) atoms. The Balaban J connectivity index is 1.86. The molecule has 1 N–H and O–H groups in total. The number of hydrogen-bond acceptors (Lipinski definition) is 3. The van der Waals surface area contributed by atoms with E-state index in [1.165, 1.54) is 12.1 Å². The van der Waals surface area contributed by atoms with Crippen LogP contribution in [0.15, 0.2) is 48.6 Å². The lowest BCUT2D eigenvalue weighted by Gasteiger charge is -2.38. The van der Waals surface area contributed by atoms with Gasteiger partial charge in [0.1, 0.15) is 5.82 Å². The van der Waals surface area contributed by atoms with Gasteiger partial charge in [0, 0.05) is 17.7 Å². The summed E-state index contributed by atoms with van der Waals surface area (Å²) >= 11 is 0. The molecular weight excluding hydrogens is 307 g/mol. The molecule has 0 amide bonds. The minimum absolute atomic E-state index is 0.0107. The summed E-state index contributed by atoms with van der Waals surface area (Å²) in [5, 5.41) is 15.0. The van der Waals surface area contributed by atoms with E-state index in [2.05, 4.69) is 17.5 Å². The third-order valence-electron chi connectivity index (χ3n) is 5.13. The minimum Gasteiger partial charge on any atom is -0.377 e. The van der Waals surface area contributed by atoms with E-state index >= 15 is 0 Å². The molecule has 0 saturated heterocycles. The van der Waals surface area contributed by atoms with E-state index in [0.717, 1.165) is 28.8 Å². The molecule has 2 aromatic carbocycles. The Morgan fingerprint density at radius 3 is 2.67 bits per heavy atom. The van der Waals surface area contributed by atoms with Crippen LogP contribution in [0.5, 0.6) is 0 Å². The summed E-state index contributed by atoms with van der Waals surface area (Å²) in [5.74, 6) is -0.0528. The van der Waals surface area contributed by atoms with Gasteiger partial charge >= 0.3 is 0 Å². The minimum atomic E-state index is -0.304. The van der Waals surface area contributed by atoms with Gasteiger partial charge in [-0.05, 0) is 42.5 Å². The predicted molar refractivity (Wildman–Crippen MR) is 90.6 cm³/mol. The van der Waals surface area contributed by atoms with Crippen LogP contribution in [0.25, 0.3) is 0 Å². The molecule has 0 fully saturated rings. The summed E-state index contributed by atoms with van der Waals surface area (Å²) in [4.78, 5) is 11.2. The second kappa shape index (κ2) is 5.44. The van der Waals surface area contributed by atoms with Crippen molar-refractivity contribution in [3.05, 3.63) is 81.2 Å². The van der Waals surface area contributed by atoms with E-state index < -0.39 is 0 Å². The first kappa shape index (κ1) is 14.9. The number of hydrogen-bond donors (Lipinski definition) is 1. The zero-order valence-corrected chi connectivity index (χ0v) is 13.2. The van der Waals surface area contributed by atoms with Crippen molar-refractivity contribution in [2.45, 2.75) is 25.3 Å². The topological polar surface area (TPSA) is 55.2 Å². The molecule has 0 saturated carbocycles.